The molecule has 0 amide bonds. The van der Waals surface area contributed by atoms with Gasteiger partial charge in [-0.1, -0.05) is 12.1 Å². The zero-order valence-corrected chi connectivity index (χ0v) is 13.7. The molecule has 1 aromatic heterocycles. The van der Waals surface area contributed by atoms with Gasteiger partial charge in [-0.05, 0) is 57.3 Å². The number of rotatable bonds is 4. The van der Waals surface area contributed by atoms with Crippen LogP contribution in [0.1, 0.15) is 30.5 Å². The van der Waals surface area contributed by atoms with Crippen molar-refractivity contribution in [2.24, 2.45) is 5.92 Å². The first-order chi connectivity index (χ1) is 11.4. The van der Waals surface area contributed by atoms with E-state index in [2.05, 4.69) is 14.9 Å². The van der Waals surface area contributed by atoms with Gasteiger partial charge < -0.3 is 9.88 Å². The zero-order valence-electron chi connectivity index (χ0n) is 13.7. The monoisotopic (exact) mass is 337 g/mol. The number of aromatic nitrogens is 2. The van der Waals surface area contributed by atoms with Crippen molar-refractivity contribution in [1.29, 1.82) is 0 Å². The smallest absolute Gasteiger partial charge is 0.331 e. The van der Waals surface area contributed by atoms with Crippen LogP contribution >= 0.6 is 0 Å². The SMILES string of the molecule is Cc1cn(CCC2CCNCC2)c(-c2ccc(C(F)(F)F)cc2)n1. The lowest BCUT2D eigenvalue weighted by Crippen LogP contribution is -2.28. The van der Waals surface area contributed by atoms with Crippen molar-refractivity contribution < 1.29 is 13.2 Å². The molecular weight excluding hydrogens is 315 g/mol. The van der Waals surface area contributed by atoms with E-state index < -0.39 is 11.7 Å². The molecule has 1 aliphatic heterocycles. The van der Waals surface area contributed by atoms with Gasteiger partial charge in [-0.25, -0.2) is 4.98 Å². The summed E-state index contributed by atoms with van der Waals surface area (Å²) in [4.78, 5) is 4.51. The van der Waals surface area contributed by atoms with Gasteiger partial charge in [0.15, 0.2) is 0 Å². The third-order valence-electron chi connectivity index (χ3n) is 4.60. The highest BCUT2D eigenvalue weighted by Gasteiger charge is 2.30. The number of nitrogens with one attached hydrogen (secondary N) is 1. The lowest BCUT2D eigenvalue weighted by atomic mass is 9.95. The summed E-state index contributed by atoms with van der Waals surface area (Å²) in [5.41, 5.74) is 0.979. The van der Waals surface area contributed by atoms with Crippen LogP contribution in [0.2, 0.25) is 0 Å². The molecule has 0 aliphatic carbocycles. The van der Waals surface area contributed by atoms with Crippen LogP contribution in [0.3, 0.4) is 0 Å². The molecule has 0 radical (unpaired) electrons. The first kappa shape index (κ1) is 17.0. The molecule has 1 fully saturated rings. The summed E-state index contributed by atoms with van der Waals surface area (Å²) in [6, 6.07) is 5.25. The van der Waals surface area contributed by atoms with Crippen LogP contribution in [0.5, 0.6) is 0 Å². The van der Waals surface area contributed by atoms with Crippen LogP contribution in [0.25, 0.3) is 11.4 Å². The first-order valence-electron chi connectivity index (χ1n) is 8.35. The van der Waals surface area contributed by atoms with E-state index in [1.54, 1.807) is 0 Å². The Kier molecular flexibility index (Phi) is 4.94. The van der Waals surface area contributed by atoms with Crippen molar-refractivity contribution in [2.45, 2.75) is 38.9 Å². The van der Waals surface area contributed by atoms with Gasteiger partial charge in [0.2, 0.25) is 0 Å². The standard InChI is InChI=1S/C18H22F3N3/c1-13-12-24(11-8-14-6-9-22-10-7-14)17(23-13)15-2-4-16(5-3-15)18(19,20)21/h2-5,12,14,22H,6-11H2,1H3. The van der Waals surface area contributed by atoms with Crippen molar-refractivity contribution in [3.63, 3.8) is 0 Å². The van der Waals surface area contributed by atoms with E-state index in [0.717, 1.165) is 55.3 Å². The Bertz CT molecular complexity index is 668. The molecule has 1 N–H and O–H groups in total. The molecule has 1 aliphatic rings. The Hall–Kier alpha value is -1.82. The lowest BCUT2D eigenvalue weighted by molar-refractivity contribution is -0.137. The lowest BCUT2D eigenvalue weighted by Gasteiger charge is -2.22. The molecule has 130 valence electrons. The van der Waals surface area contributed by atoms with E-state index in [0.29, 0.717) is 5.92 Å². The molecule has 2 heterocycles. The Balaban J connectivity index is 1.75. The number of alkyl halides is 3. The highest BCUT2D eigenvalue weighted by Crippen LogP contribution is 2.31. The van der Waals surface area contributed by atoms with Gasteiger partial charge >= 0.3 is 6.18 Å². The molecular formula is C18H22F3N3. The van der Waals surface area contributed by atoms with Gasteiger partial charge in [-0.2, -0.15) is 13.2 Å². The second-order valence-corrected chi connectivity index (χ2v) is 6.46. The molecule has 0 spiro atoms. The van der Waals surface area contributed by atoms with E-state index in [1.807, 2.05) is 13.1 Å². The average Bonchev–Trinajstić information content (AvgIpc) is 2.94. The van der Waals surface area contributed by atoms with Gasteiger partial charge in [0.05, 0.1) is 11.3 Å². The van der Waals surface area contributed by atoms with Crippen molar-refractivity contribution in [2.75, 3.05) is 13.1 Å². The minimum absolute atomic E-state index is 0.629. The van der Waals surface area contributed by atoms with Crippen LogP contribution in [-0.2, 0) is 12.7 Å². The number of piperidine rings is 1. The first-order valence-corrected chi connectivity index (χ1v) is 8.35. The van der Waals surface area contributed by atoms with Crippen molar-refractivity contribution >= 4 is 0 Å². The number of aryl methyl sites for hydroxylation is 2. The number of imidazole rings is 1. The summed E-state index contributed by atoms with van der Waals surface area (Å²) >= 11 is 0. The fourth-order valence-corrected chi connectivity index (χ4v) is 3.25. The summed E-state index contributed by atoms with van der Waals surface area (Å²) in [5, 5.41) is 3.36. The topological polar surface area (TPSA) is 29.9 Å². The molecule has 3 rings (SSSR count). The molecule has 1 saturated heterocycles. The van der Waals surface area contributed by atoms with E-state index in [-0.39, 0.29) is 0 Å². The normalized spacial score (nSPS) is 16.5. The zero-order chi connectivity index (χ0) is 17.2. The van der Waals surface area contributed by atoms with Gasteiger partial charge in [0.1, 0.15) is 5.82 Å². The Morgan fingerprint density at radius 3 is 2.46 bits per heavy atom. The van der Waals surface area contributed by atoms with Crippen LogP contribution in [0.15, 0.2) is 30.5 Å². The van der Waals surface area contributed by atoms with E-state index in [9.17, 15) is 13.2 Å². The molecule has 0 bridgehead atoms. The fraction of sp³-hybridized carbons (Fsp3) is 0.500. The van der Waals surface area contributed by atoms with Crippen LogP contribution in [-0.4, -0.2) is 22.6 Å². The van der Waals surface area contributed by atoms with Crippen molar-refractivity contribution in [3.05, 3.63) is 41.7 Å². The van der Waals surface area contributed by atoms with Gasteiger partial charge in [-0.15, -0.1) is 0 Å². The minimum Gasteiger partial charge on any atom is -0.331 e. The second kappa shape index (κ2) is 6.97. The molecule has 24 heavy (non-hydrogen) atoms. The molecule has 0 atom stereocenters. The van der Waals surface area contributed by atoms with E-state index >= 15 is 0 Å². The molecule has 2 aromatic rings. The van der Waals surface area contributed by atoms with Crippen LogP contribution in [0.4, 0.5) is 13.2 Å². The summed E-state index contributed by atoms with van der Waals surface area (Å²) in [6.07, 6.45) is 1.12. The van der Waals surface area contributed by atoms with Gasteiger partial charge in [0, 0.05) is 18.3 Å². The quantitative estimate of drug-likeness (QED) is 0.903. The van der Waals surface area contributed by atoms with E-state index in [4.69, 9.17) is 0 Å². The molecule has 6 heteroatoms. The number of hydrogen-bond donors (Lipinski definition) is 1. The highest BCUT2D eigenvalue weighted by atomic mass is 19.4. The third-order valence-corrected chi connectivity index (χ3v) is 4.60. The van der Waals surface area contributed by atoms with Crippen molar-refractivity contribution in [1.82, 2.24) is 14.9 Å². The maximum absolute atomic E-state index is 12.7. The summed E-state index contributed by atoms with van der Waals surface area (Å²) in [6.45, 7) is 4.90. The van der Waals surface area contributed by atoms with E-state index in [1.165, 1.54) is 25.0 Å². The predicted octanol–water partition coefficient (Wildman–Crippen LogP) is 4.27. The highest BCUT2D eigenvalue weighted by molar-refractivity contribution is 5.56. The van der Waals surface area contributed by atoms with Crippen LogP contribution < -0.4 is 5.32 Å². The number of halogens is 3. The maximum atomic E-state index is 12.7. The largest absolute Gasteiger partial charge is 0.416 e. The maximum Gasteiger partial charge on any atom is 0.416 e. The Labute approximate surface area is 139 Å². The summed E-state index contributed by atoms with van der Waals surface area (Å²) in [5.74, 6) is 1.45. The van der Waals surface area contributed by atoms with Crippen LogP contribution in [0, 0.1) is 12.8 Å². The van der Waals surface area contributed by atoms with Gasteiger partial charge in [-0.3, -0.25) is 0 Å². The summed E-state index contributed by atoms with van der Waals surface area (Å²) in [7, 11) is 0. The van der Waals surface area contributed by atoms with Crippen molar-refractivity contribution in [3.8, 4) is 11.4 Å². The minimum atomic E-state index is -4.31. The number of benzene rings is 1. The number of hydrogen-bond acceptors (Lipinski definition) is 2. The molecule has 1 aromatic carbocycles. The molecule has 3 nitrogen and oxygen atoms in total. The number of nitrogens with zero attached hydrogens (tertiary/aromatic N) is 2. The summed E-state index contributed by atoms with van der Waals surface area (Å²) < 4.78 is 40.2. The third kappa shape index (κ3) is 3.98. The molecule has 0 unspecified atom stereocenters. The Morgan fingerprint density at radius 2 is 1.83 bits per heavy atom. The fourth-order valence-electron chi connectivity index (χ4n) is 3.25. The average molecular weight is 337 g/mol. The predicted molar refractivity (Wildman–Crippen MR) is 87.6 cm³/mol. The molecule has 0 saturated carbocycles. The Morgan fingerprint density at radius 1 is 1.17 bits per heavy atom. The van der Waals surface area contributed by atoms with Gasteiger partial charge in [0.25, 0.3) is 0 Å². The second-order valence-electron chi connectivity index (χ2n) is 6.46.